The van der Waals surface area contributed by atoms with Crippen molar-refractivity contribution in [2.45, 2.75) is 17.7 Å². The molecule has 0 saturated carbocycles. The molecule has 1 fully saturated rings. The number of sulfonamides is 1. The first-order valence-corrected chi connectivity index (χ1v) is 10.7. The molecule has 7 nitrogen and oxygen atoms in total. The van der Waals surface area contributed by atoms with E-state index >= 15 is 0 Å². The quantitative estimate of drug-likeness (QED) is 0.671. The van der Waals surface area contributed by atoms with Crippen molar-refractivity contribution in [2.24, 2.45) is 0 Å². The Labute approximate surface area is 172 Å². The SMILES string of the molecule is O=C(Nc1ccc(-n2ccnc2)c(F)c1)c1ccc(F)c(S(=O)(=O)N2CCCC2)c1. The van der Waals surface area contributed by atoms with E-state index in [4.69, 9.17) is 0 Å². The standard InChI is InChI=1S/C20H18F2N4O3S/c21-16-5-3-14(11-19(16)30(28,29)26-8-1-2-9-26)20(27)24-15-4-6-18(17(22)12-15)25-10-7-23-13-25/h3-7,10-13H,1-2,8-9H2,(H,24,27). The van der Waals surface area contributed by atoms with E-state index in [0.717, 1.165) is 18.2 Å². The summed E-state index contributed by atoms with van der Waals surface area (Å²) in [5.74, 6) is -2.18. The first kappa shape index (κ1) is 20.2. The summed E-state index contributed by atoms with van der Waals surface area (Å²) in [6.07, 6.45) is 5.95. The van der Waals surface area contributed by atoms with E-state index in [1.165, 1.54) is 39.6 Å². The molecule has 30 heavy (non-hydrogen) atoms. The number of nitrogens with one attached hydrogen (secondary N) is 1. The number of carbonyl (C=O) groups is 1. The zero-order valence-electron chi connectivity index (χ0n) is 15.8. The molecule has 1 amide bonds. The van der Waals surface area contributed by atoms with Gasteiger partial charge in [0.15, 0.2) is 0 Å². The molecule has 1 aliphatic rings. The Morgan fingerprint density at radius 1 is 1.03 bits per heavy atom. The van der Waals surface area contributed by atoms with Gasteiger partial charge in [-0.2, -0.15) is 4.31 Å². The second-order valence-corrected chi connectivity index (χ2v) is 8.75. The van der Waals surface area contributed by atoms with E-state index in [9.17, 15) is 22.0 Å². The van der Waals surface area contributed by atoms with E-state index < -0.39 is 32.5 Å². The smallest absolute Gasteiger partial charge is 0.255 e. The zero-order chi connectivity index (χ0) is 21.3. The summed E-state index contributed by atoms with van der Waals surface area (Å²) in [5.41, 5.74) is 0.384. The summed E-state index contributed by atoms with van der Waals surface area (Å²) in [6.45, 7) is 0.640. The molecule has 1 N–H and O–H groups in total. The average Bonchev–Trinajstić information content (AvgIpc) is 3.43. The largest absolute Gasteiger partial charge is 0.322 e. The molecule has 1 aromatic heterocycles. The number of benzene rings is 2. The second kappa shape index (κ2) is 7.96. The number of hydrogen-bond donors (Lipinski definition) is 1. The van der Waals surface area contributed by atoms with Gasteiger partial charge in [0, 0.05) is 36.7 Å². The summed E-state index contributed by atoms with van der Waals surface area (Å²) in [6, 6.07) is 7.25. The lowest BCUT2D eigenvalue weighted by molar-refractivity contribution is 0.102. The van der Waals surface area contributed by atoms with Gasteiger partial charge in [0.05, 0.1) is 12.0 Å². The van der Waals surface area contributed by atoms with Crippen LogP contribution in [-0.2, 0) is 10.0 Å². The molecule has 156 valence electrons. The lowest BCUT2D eigenvalue weighted by Crippen LogP contribution is -2.29. The fraction of sp³-hybridized carbons (Fsp3) is 0.200. The predicted octanol–water partition coefficient (Wildman–Crippen LogP) is 3.19. The number of imidazole rings is 1. The summed E-state index contributed by atoms with van der Waals surface area (Å²) in [7, 11) is -4.03. The van der Waals surface area contributed by atoms with Gasteiger partial charge in [0.25, 0.3) is 5.91 Å². The van der Waals surface area contributed by atoms with Crippen molar-refractivity contribution in [2.75, 3.05) is 18.4 Å². The number of carbonyl (C=O) groups excluding carboxylic acids is 1. The molecular weight excluding hydrogens is 414 g/mol. The van der Waals surface area contributed by atoms with E-state index in [2.05, 4.69) is 10.3 Å². The molecule has 0 aliphatic carbocycles. The van der Waals surface area contributed by atoms with Crippen LogP contribution in [0.3, 0.4) is 0 Å². The van der Waals surface area contributed by atoms with Crippen LogP contribution in [0, 0.1) is 11.6 Å². The van der Waals surface area contributed by atoms with Crippen molar-refractivity contribution in [1.29, 1.82) is 0 Å². The maximum Gasteiger partial charge on any atom is 0.255 e. The van der Waals surface area contributed by atoms with Crippen LogP contribution < -0.4 is 5.32 Å². The van der Waals surface area contributed by atoms with Crippen LogP contribution in [0.25, 0.3) is 5.69 Å². The van der Waals surface area contributed by atoms with Crippen LogP contribution in [0.5, 0.6) is 0 Å². The molecule has 0 radical (unpaired) electrons. The van der Waals surface area contributed by atoms with Crippen LogP contribution in [0.4, 0.5) is 14.5 Å². The Balaban J connectivity index is 1.58. The molecule has 2 heterocycles. The van der Waals surface area contributed by atoms with Crippen LogP contribution in [-0.4, -0.2) is 41.3 Å². The van der Waals surface area contributed by atoms with Gasteiger partial charge in [-0.05, 0) is 49.2 Å². The Bertz CT molecular complexity index is 1190. The number of halogens is 2. The Morgan fingerprint density at radius 2 is 1.80 bits per heavy atom. The Morgan fingerprint density at radius 3 is 2.47 bits per heavy atom. The molecule has 0 unspecified atom stereocenters. The molecule has 0 bridgehead atoms. The van der Waals surface area contributed by atoms with Crippen molar-refractivity contribution in [3.05, 3.63) is 72.3 Å². The molecule has 3 aromatic rings. The zero-order valence-corrected chi connectivity index (χ0v) is 16.6. The Hall–Kier alpha value is -3.11. The van der Waals surface area contributed by atoms with Crippen LogP contribution in [0.1, 0.15) is 23.2 Å². The Kier molecular flexibility index (Phi) is 5.35. The van der Waals surface area contributed by atoms with E-state index in [1.54, 1.807) is 6.20 Å². The first-order valence-electron chi connectivity index (χ1n) is 9.25. The monoisotopic (exact) mass is 432 g/mol. The average molecular weight is 432 g/mol. The minimum Gasteiger partial charge on any atom is -0.322 e. The van der Waals surface area contributed by atoms with Gasteiger partial charge in [0.2, 0.25) is 10.0 Å². The van der Waals surface area contributed by atoms with Crippen molar-refractivity contribution in [3.8, 4) is 5.69 Å². The fourth-order valence-corrected chi connectivity index (χ4v) is 4.92. The number of rotatable bonds is 5. The molecular formula is C20H18F2N4O3S. The van der Waals surface area contributed by atoms with Crippen LogP contribution >= 0.6 is 0 Å². The first-order chi connectivity index (χ1) is 14.4. The third kappa shape index (κ3) is 3.83. The lowest BCUT2D eigenvalue weighted by atomic mass is 10.2. The maximum atomic E-state index is 14.4. The number of nitrogens with zero attached hydrogens (tertiary/aromatic N) is 3. The van der Waals surface area contributed by atoms with Crippen LogP contribution in [0.2, 0.25) is 0 Å². The minimum absolute atomic E-state index is 0.0479. The molecule has 1 saturated heterocycles. The number of aromatic nitrogens is 2. The number of amides is 1. The van der Waals surface area contributed by atoms with Gasteiger partial charge < -0.3 is 9.88 Å². The third-order valence-corrected chi connectivity index (χ3v) is 6.78. The van der Waals surface area contributed by atoms with Crippen molar-refractivity contribution in [3.63, 3.8) is 0 Å². The highest BCUT2D eigenvalue weighted by molar-refractivity contribution is 7.89. The molecule has 0 atom stereocenters. The maximum absolute atomic E-state index is 14.4. The molecule has 0 spiro atoms. The normalized spacial score (nSPS) is 14.7. The number of hydrogen-bond acceptors (Lipinski definition) is 4. The van der Waals surface area contributed by atoms with Gasteiger partial charge in [-0.25, -0.2) is 22.2 Å². The molecule has 1 aliphatic heterocycles. The summed E-state index contributed by atoms with van der Waals surface area (Å²) < 4.78 is 56.7. The minimum atomic E-state index is -4.03. The molecule has 4 rings (SSSR count). The molecule has 10 heteroatoms. The van der Waals surface area contributed by atoms with E-state index in [-0.39, 0.29) is 16.9 Å². The fourth-order valence-electron chi connectivity index (χ4n) is 3.31. The third-order valence-electron chi connectivity index (χ3n) is 4.86. The number of anilines is 1. The van der Waals surface area contributed by atoms with Crippen molar-refractivity contribution >= 4 is 21.6 Å². The summed E-state index contributed by atoms with van der Waals surface area (Å²) >= 11 is 0. The van der Waals surface area contributed by atoms with Crippen molar-refractivity contribution < 1.29 is 22.0 Å². The highest BCUT2D eigenvalue weighted by Gasteiger charge is 2.30. The predicted molar refractivity (Wildman–Crippen MR) is 106 cm³/mol. The van der Waals surface area contributed by atoms with Gasteiger partial charge in [-0.3, -0.25) is 4.79 Å². The van der Waals surface area contributed by atoms with Gasteiger partial charge in [-0.1, -0.05) is 0 Å². The van der Waals surface area contributed by atoms with Crippen molar-refractivity contribution in [1.82, 2.24) is 13.9 Å². The lowest BCUT2D eigenvalue weighted by Gasteiger charge is -2.16. The summed E-state index contributed by atoms with van der Waals surface area (Å²) in [5, 5.41) is 2.50. The van der Waals surface area contributed by atoms with E-state index in [1.807, 2.05) is 0 Å². The second-order valence-electron chi connectivity index (χ2n) is 6.85. The molecule has 2 aromatic carbocycles. The highest BCUT2D eigenvalue weighted by atomic mass is 32.2. The van der Waals surface area contributed by atoms with Gasteiger partial charge in [-0.15, -0.1) is 0 Å². The van der Waals surface area contributed by atoms with E-state index in [0.29, 0.717) is 25.9 Å². The summed E-state index contributed by atoms with van der Waals surface area (Å²) in [4.78, 5) is 15.9. The topological polar surface area (TPSA) is 84.3 Å². The van der Waals surface area contributed by atoms with Gasteiger partial charge in [0.1, 0.15) is 16.5 Å². The van der Waals surface area contributed by atoms with Crippen LogP contribution in [0.15, 0.2) is 60.0 Å². The highest BCUT2D eigenvalue weighted by Crippen LogP contribution is 2.25. The van der Waals surface area contributed by atoms with Gasteiger partial charge >= 0.3 is 0 Å².